The van der Waals surface area contributed by atoms with Crippen LogP contribution in [0.4, 0.5) is 11.4 Å². The number of aryl methyl sites for hydroxylation is 1. The highest BCUT2D eigenvalue weighted by Crippen LogP contribution is 2.37. The fourth-order valence-corrected chi connectivity index (χ4v) is 3.77. The number of carbonyl (C=O) groups excluding carboxylic acids is 1. The molecule has 1 atom stereocenters. The molecule has 1 unspecified atom stereocenters. The minimum atomic E-state index is -0.491. The third-order valence-electron chi connectivity index (χ3n) is 3.93. The van der Waals surface area contributed by atoms with Crippen molar-refractivity contribution < 1.29 is 9.72 Å². The molecule has 1 aromatic carbocycles. The average Bonchev–Trinajstić information content (AvgIpc) is 2.97. The highest BCUT2D eigenvalue weighted by molar-refractivity contribution is 8.00. The quantitative estimate of drug-likeness (QED) is 0.628. The molecule has 1 aromatic heterocycles. The first-order chi connectivity index (χ1) is 11.5. The van der Waals surface area contributed by atoms with E-state index in [9.17, 15) is 14.9 Å². The number of anilines is 1. The Morgan fingerprint density at radius 1 is 1.46 bits per heavy atom. The van der Waals surface area contributed by atoms with Crippen LogP contribution in [0.25, 0.3) is 0 Å². The van der Waals surface area contributed by atoms with Gasteiger partial charge in [-0.25, -0.2) is 0 Å². The standard InChI is InChI=1S/C16H18N4O3S/c1-12-6-9-19(14-4-2-3-5-15(14)24-12)16(21)7-8-18-11-13(10-17-18)20(22)23/h2-5,10-12H,6-9H2,1H3. The number of nitro groups is 1. The molecule has 24 heavy (non-hydrogen) atoms. The van der Waals surface area contributed by atoms with Crippen LogP contribution in [0, 0.1) is 10.1 Å². The monoisotopic (exact) mass is 346 g/mol. The van der Waals surface area contributed by atoms with Crippen LogP contribution >= 0.6 is 11.8 Å². The summed E-state index contributed by atoms with van der Waals surface area (Å²) in [7, 11) is 0. The second-order valence-corrected chi connectivity index (χ2v) is 7.18. The molecule has 8 heteroatoms. The summed E-state index contributed by atoms with van der Waals surface area (Å²) in [5.74, 6) is 0.00954. The highest BCUT2D eigenvalue weighted by atomic mass is 32.2. The van der Waals surface area contributed by atoms with Crippen molar-refractivity contribution in [2.45, 2.75) is 36.5 Å². The molecule has 126 valence electrons. The zero-order valence-corrected chi connectivity index (χ0v) is 14.1. The summed E-state index contributed by atoms with van der Waals surface area (Å²) in [6, 6.07) is 7.93. The molecule has 0 fully saturated rings. The minimum absolute atomic E-state index is 0.00954. The van der Waals surface area contributed by atoms with E-state index >= 15 is 0 Å². The van der Waals surface area contributed by atoms with Crippen molar-refractivity contribution in [3.8, 4) is 0 Å². The molecule has 1 amide bonds. The number of aromatic nitrogens is 2. The van der Waals surface area contributed by atoms with Gasteiger partial charge in [0.05, 0.1) is 10.6 Å². The molecule has 0 bridgehead atoms. The highest BCUT2D eigenvalue weighted by Gasteiger charge is 2.24. The Morgan fingerprint density at radius 3 is 3.00 bits per heavy atom. The second kappa shape index (κ2) is 7.04. The number of amides is 1. The first-order valence-corrected chi connectivity index (χ1v) is 8.65. The molecule has 7 nitrogen and oxygen atoms in total. The summed E-state index contributed by atoms with van der Waals surface area (Å²) in [4.78, 5) is 25.8. The fraction of sp³-hybridized carbons (Fsp3) is 0.375. The maximum absolute atomic E-state index is 12.7. The van der Waals surface area contributed by atoms with E-state index in [1.165, 1.54) is 17.1 Å². The van der Waals surface area contributed by atoms with Crippen molar-refractivity contribution in [2.75, 3.05) is 11.4 Å². The fourth-order valence-electron chi connectivity index (χ4n) is 2.66. The second-order valence-electron chi connectivity index (χ2n) is 5.70. The number of hydrogen-bond donors (Lipinski definition) is 0. The summed E-state index contributed by atoms with van der Waals surface area (Å²) >= 11 is 1.79. The third kappa shape index (κ3) is 3.59. The summed E-state index contributed by atoms with van der Waals surface area (Å²) < 4.78 is 1.44. The molecular weight excluding hydrogens is 328 g/mol. The zero-order chi connectivity index (χ0) is 17.1. The molecule has 3 rings (SSSR count). The van der Waals surface area contributed by atoms with Gasteiger partial charge in [-0.3, -0.25) is 19.6 Å². The van der Waals surface area contributed by atoms with E-state index in [4.69, 9.17) is 0 Å². The maximum Gasteiger partial charge on any atom is 0.306 e. The van der Waals surface area contributed by atoms with E-state index in [2.05, 4.69) is 12.0 Å². The van der Waals surface area contributed by atoms with Gasteiger partial charge in [-0.2, -0.15) is 5.10 Å². The molecule has 0 saturated carbocycles. The van der Waals surface area contributed by atoms with Gasteiger partial charge in [-0.05, 0) is 18.6 Å². The van der Waals surface area contributed by atoms with Gasteiger partial charge in [0.15, 0.2) is 0 Å². The third-order valence-corrected chi connectivity index (χ3v) is 5.17. The van der Waals surface area contributed by atoms with E-state index in [1.54, 1.807) is 11.8 Å². The summed E-state index contributed by atoms with van der Waals surface area (Å²) in [5.41, 5.74) is 0.885. The lowest BCUT2D eigenvalue weighted by Crippen LogP contribution is -2.32. The van der Waals surface area contributed by atoms with Crippen molar-refractivity contribution in [3.05, 3.63) is 46.8 Å². The number of hydrogen-bond acceptors (Lipinski definition) is 5. The summed E-state index contributed by atoms with van der Waals surface area (Å²) in [6.45, 7) is 3.18. The van der Waals surface area contributed by atoms with Gasteiger partial charge >= 0.3 is 5.69 Å². The molecule has 1 aliphatic heterocycles. The van der Waals surface area contributed by atoms with E-state index in [0.29, 0.717) is 18.3 Å². The lowest BCUT2D eigenvalue weighted by Gasteiger charge is -2.22. The maximum atomic E-state index is 12.7. The SMILES string of the molecule is CC1CCN(C(=O)CCn2cc([N+](=O)[O-])cn2)c2ccccc2S1. The number of carbonyl (C=O) groups is 1. The Kier molecular flexibility index (Phi) is 4.84. The number of rotatable bonds is 4. The van der Waals surface area contributed by atoms with Crippen LogP contribution in [-0.2, 0) is 11.3 Å². The number of nitrogens with zero attached hydrogens (tertiary/aromatic N) is 4. The van der Waals surface area contributed by atoms with Gasteiger partial charge in [0.2, 0.25) is 5.91 Å². The van der Waals surface area contributed by atoms with Crippen molar-refractivity contribution >= 4 is 29.0 Å². The lowest BCUT2D eigenvalue weighted by atomic mass is 10.2. The topological polar surface area (TPSA) is 81.3 Å². The normalized spacial score (nSPS) is 17.2. The molecule has 2 aromatic rings. The number of benzene rings is 1. The molecule has 2 heterocycles. The van der Waals surface area contributed by atoms with Gasteiger partial charge in [0.1, 0.15) is 12.4 Å². The van der Waals surface area contributed by atoms with Crippen LogP contribution in [0.15, 0.2) is 41.6 Å². The molecule has 0 N–H and O–H groups in total. The van der Waals surface area contributed by atoms with Crippen LogP contribution in [-0.4, -0.2) is 32.4 Å². The molecule has 0 spiro atoms. The minimum Gasteiger partial charge on any atom is -0.311 e. The Labute approximate surface area is 143 Å². The number of fused-ring (bicyclic) bond motifs is 1. The van der Waals surface area contributed by atoms with E-state index in [1.807, 2.05) is 29.2 Å². The molecule has 0 saturated heterocycles. The Bertz CT molecular complexity index is 761. The van der Waals surface area contributed by atoms with Crippen LogP contribution in [0.1, 0.15) is 19.8 Å². The van der Waals surface area contributed by atoms with Gasteiger partial charge in [-0.1, -0.05) is 19.1 Å². The van der Waals surface area contributed by atoms with Crippen molar-refractivity contribution in [1.29, 1.82) is 0 Å². The van der Waals surface area contributed by atoms with Crippen LogP contribution in [0.2, 0.25) is 0 Å². The largest absolute Gasteiger partial charge is 0.311 e. The predicted octanol–water partition coefficient (Wildman–Crippen LogP) is 3.10. The average molecular weight is 346 g/mol. The van der Waals surface area contributed by atoms with Gasteiger partial charge < -0.3 is 4.90 Å². The van der Waals surface area contributed by atoms with E-state index in [0.717, 1.165) is 17.0 Å². The smallest absolute Gasteiger partial charge is 0.306 e. The van der Waals surface area contributed by atoms with E-state index < -0.39 is 4.92 Å². The molecular formula is C16H18N4O3S. The lowest BCUT2D eigenvalue weighted by molar-refractivity contribution is -0.385. The Balaban J connectivity index is 1.71. The van der Waals surface area contributed by atoms with Crippen LogP contribution < -0.4 is 4.90 Å². The first kappa shape index (κ1) is 16.5. The van der Waals surface area contributed by atoms with E-state index in [-0.39, 0.29) is 18.0 Å². The summed E-state index contributed by atoms with van der Waals surface area (Å²) in [6.07, 6.45) is 3.73. The molecule has 0 aliphatic carbocycles. The Morgan fingerprint density at radius 2 is 2.25 bits per heavy atom. The molecule has 1 aliphatic rings. The van der Waals surface area contributed by atoms with Gasteiger partial charge in [0, 0.05) is 29.7 Å². The summed E-state index contributed by atoms with van der Waals surface area (Å²) in [5, 5.41) is 15.1. The molecule has 0 radical (unpaired) electrons. The van der Waals surface area contributed by atoms with Crippen LogP contribution in [0.3, 0.4) is 0 Å². The van der Waals surface area contributed by atoms with Crippen molar-refractivity contribution in [3.63, 3.8) is 0 Å². The number of thioether (sulfide) groups is 1. The zero-order valence-electron chi connectivity index (χ0n) is 13.3. The Hall–Kier alpha value is -2.35. The predicted molar refractivity (Wildman–Crippen MR) is 92.2 cm³/mol. The van der Waals surface area contributed by atoms with Crippen molar-refractivity contribution in [2.24, 2.45) is 0 Å². The van der Waals surface area contributed by atoms with Gasteiger partial charge in [-0.15, -0.1) is 11.8 Å². The number of para-hydroxylation sites is 1. The van der Waals surface area contributed by atoms with Crippen LogP contribution in [0.5, 0.6) is 0 Å². The van der Waals surface area contributed by atoms with Gasteiger partial charge in [0.25, 0.3) is 0 Å². The van der Waals surface area contributed by atoms with Crippen molar-refractivity contribution in [1.82, 2.24) is 9.78 Å². The first-order valence-electron chi connectivity index (χ1n) is 7.77.